The Hall–Kier alpha value is -3.34. The van der Waals surface area contributed by atoms with Crippen molar-refractivity contribution in [3.8, 4) is 22.6 Å². The molecule has 1 aliphatic carbocycles. The van der Waals surface area contributed by atoms with Gasteiger partial charge >= 0.3 is 0 Å². The second kappa shape index (κ2) is 8.78. The highest BCUT2D eigenvalue weighted by atomic mass is 16.5. The van der Waals surface area contributed by atoms with Crippen LogP contribution >= 0.6 is 0 Å². The summed E-state index contributed by atoms with van der Waals surface area (Å²) in [5, 5.41) is 3.56. The Morgan fingerprint density at radius 3 is 2.62 bits per heavy atom. The number of benzene rings is 2. The van der Waals surface area contributed by atoms with Crippen LogP contribution in [0.4, 0.5) is 5.69 Å². The number of nitrogens with two attached hydrogens (primary N) is 1. The molecule has 1 fully saturated rings. The number of pyridine rings is 1. The maximum atomic E-state index is 12.0. The summed E-state index contributed by atoms with van der Waals surface area (Å²) in [6.07, 6.45) is 9.33. The molecule has 5 nitrogen and oxygen atoms in total. The second-order valence-electron chi connectivity index (χ2n) is 7.39. The van der Waals surface area contributed by atoms with Gasteiger partial charge in [-0.25, -0.2) is 0 Å². The van der Waals surface area contributed by atoms with E-state index in [4.69, 9.17) is 10.5 Å². The molecule has 0 radical (unpaired) electrons. The van der Waals surface area contributed by atoms with Gasteiger partial charge in [-0.05, 0) is 48.7 Å². The summed E-state index contributed by atoms with van der Waals surface area (Å²) in [7, 11) is 0. The number of aromatic nitrogens is 1. The largest absolute Gasteiger partial charge is 0.455 e. The summed E-state index contributed by atoms with van der Waals surface area (Å²) in [5.74, 6) is 0.986. The van der Waals surface area contributed by atoms with Crippen LogP contribution in [-0.2, 0) is 0 Å². The predicted octanol–water partition coefficient (Wildman–Crippen LogP) is 5.38. The summed E-state index contributed by atoms with van der Waals surface area (Å²) in [4.78, 5) is 16.1. The normalized spacial score (nSPS) is 14.3. The fraction of sp³-hybridized carbons (Fsp3) is 0.250. The molecule has 1 aromatic heterocycles. The van der Waals surface area contributed by atoms with Crippen molar-refractivity contribution in [3.63, 3.8) is 0 Å². The third-order valence-electron chi connectivity index (χ3n) is 5.31. The molecule has 1 saturated carbocycles. The monoisotopic (exact) mass is 387 g/mol. The molecule has 4 rings (SSSR count). The standard InChI is InChI=1S/C24H25N3O2/c25-24(28)21-13-12-17(15-22(21)27-18-7-2-1-3-8-18)20-10-4-5-11-23(20)29-19-9-6-14-26-16-19/h4-6,9-16,18,27H,1-3,7-8H2,(H2,25,28). The average Bonchev–Trinajstić information content (AvgIpc) is 2.75. The minimum absolute atomic E-state index is 0.374. The molecule has 3 aromatic rings. The summed E-state index contributed by atoms with van der Waals surface area (Å²) in [6.45, 7) is 0. The van der Waals surface area contributed by atoms with E-state index < -0.39 is 5.91 Å². The molecule has 148 valence electrons. The molecule has 0 unspecified atom stereocenters. The van der Waals surface area contributed by atoms with Gasteiger partial charge in [-0.15, -0.1) is 0 Å². The molecule has 0 spiro atoms. The lowest BCUT2D eigenvalue weighted by molar-refractivity contribution is 0.100. The summed E-state index contributed by atoms with van der Waals surface area (Å²) >= 11 is 0. The number of primary amides is 1. The third kappa shape index (κ3) is 4.57. The lowest BCUT2D eigenvalue weighted by atomic mass is 9.94. The maximum Gasteiger partial charge on any atom is 0.250 e. The molecule has 2 aromatic carbocycles. The van der Waals surface area contributed by atoms with Gasteiger partial charge in [-0.3, -0.25) is 9.78 Å². The van der Waals surface area contributed by atoms with Crippen LogP contribution in [0.1, 0.15) is 42.5 Å². The molecule has 0 saturated heterocycles. The van der Waals surface area contributed by atoms with Gasteiger partial charge in [-0.1, -0.05) is 43.5 Å². The quantitative estimate of drug-likeness (QED) is 0.595. The molecule has 0 atom stereocenters. The summed E-state index contributed by atoms with van der Waals surface area (Å²) < 4.78 is 6.06. The molecule has 1 heterocycles. The van der Waals surface area contributed by atoms with Crippen LogP contribution in [0.5, 0.6) is 11.5 Å². The smallest absolute Gasteiger partial charge is 0.250 e. The highest BCUT2D eigenvalue weighted by Crippen LogP contribution is 2.35. The third-order valence-corrected chi connectivity index (χ3v) is 5.31. The van der Waals surface area contributed by atoms with E-state index in [1.807, 2.05) is 48.5 Å². The van der Waals surface area contributed by atoms with E-state index in [0.29, 0.717) is 17.4 Å². The number of para-hydroxylation sites is 1. The fourth-order valence-electron chi connectivity index (χ4n) is 3.84. The minimum Gasteiger partial charge on any atom is -0.455 e. The number of rotatable bonds is 6. The summed E-state index contributed by atoms with van der Waals surface area (Å²) in [6, 6.07) is 17.6. The molecule has 29 heavy (non-hydrogen) atoms. The molecule has 1 aliphatic rings. The van der Waals surface area contributed by atoms with Crippen molar-refractivity contribution in [2.24, 2.45) is 5.73 Å². The highest BCUT2D eigenvalue weighted by molar-refractivity contribution is 5.99. The summed E-state index contributed by atoms with van der Waals surface area (Å²) in [5.41, 5.74) is 8.85. The average molecular weight is 387 g/mol. The van der Waals surface area contributed by atoms with Crippen LogP contribution in [0, 0.1) is 0 Å². The Labute approximate surface area is 170 Å². The van der Waals surface area contributed by atoms with Gasteiger partial charge < -0.3 is 15.8 Å². The molecular formula is C24H25N3O2. The maximum absolute atomic E-state index is 12.0. The van der Waals surface area contributed by atoms with Gasteiger partial charge in [-0.2, -0.15) is 0 Å². The van der Waals surface area contributed by atoms with Gasteiger partial charge in [0.2, 0.25) is 0 Å². The molecule has 3 N–H and O–H groups in total. The van der Waals surface area contributed by atoms with Crippen LogP contribution in [-0.4, -0.2) is 16.9 Å². The van der Waals surface area contributed by atoms with Crippen LogP contribution in [0.25, 0.3) is 11.1 Å². The first-order chi connectivity index (χ1) is 14.2. The Kier molecular flexibility index (Phi) is 5.75. The number of nitrogens with one attached hydrogen (secondary N) is 1. The lowest BCUT2D eigenvalue weighted by Gasteiger charge is -2.25. The Bertz CT molecular complexity index is 982. The zero-order valence-electron chi connectivity index (χ0n) is 16.3. The number of hydrogen-bond donors (Lipinski definition) is 2. The van der Waals surface area contributed by atoms with Crippen molar-refractivity contribution in [2.75, 3.05) is 5.32 Å². The number of carbonyl (C=O) groups is 1. The Morgan fingerprint density at radius 1 is 1.03 bits per heavy atom. The lowest BCUT2D eigenvalue weighted by Crippen LogP contribution is -2.24. The van der Waals surface area contributed by atoms with Crippen molar-refractivity contribution >= 4 is 11.6 Å². The van der Waals surface area contributed by atoms with Crippen LogP contribution in [0.15, 0.2) is 67.0 Å². The van der Waals surface area contributed by atoms with E-state index >= 15 is 0 Å². The van der Waals surface area contributed by atoms with E-state index in [1.54, 1.807) is 18.5 Å². The number of ether oxygens (including phenoxy) is 1. The first-order valence-electron chi connectivity index (χ1n) is 10.1. The number of carbonyl (C=O) groups excluding carboxylic acids is 1. The van der Waals surface area contributed by atoms with Crippen molar-refractivity contribution in [2.45, 2.75) is 38.1 Å². The van der Waals surface area contributed by atoms with Crippen LogP contribution in [0.2, 0.25) is 0 Å². The Morgan fingerprint density at radius 2 is 1.86 bits per heavy atom. The zero-order valence-corrected chi connectivity index (χ0v) is 16.3. The SMILES string of the molecule is NC(=O)c1ccc(-c2ccccc2Oc2cccnc2)cc1NC1CCCCC1. The fourth-order valence-corrected chi connectivity index (χ4v) is 3.84. The van der Waals surface area contributed by atoms with Crippen LogP contribution < -0.4 is 15.8 Å². The predicted molar refractivity (Wildman–Crippen MR) is 115 cm³/mol. The van der Waals surface area contributed by atoms with Crippen molar-refractivity contribution in [1.82, 2.24) is 4.98 Å². The van der Waals surface area contributed by atoms with Gasteiger partial charge in [0.15, 0.2) is 0 Å². The Balaban J connectivity index is 1.68. The van der Waals surface area contributed by atoms with Gasteiger partial charge in [0.1, 0.15) is 11.5 Å². The van der Waals surface area contributed by atoms with Crippen molar-refractivity contribution in [1.29, 1.82) is 0 Å². The number of hydrogen-bond acceptors (Lipinski definition) is 4. The van der Waals surface area contributed by atoms with Crippen molar-refractivity contribution in [3.05, 3.63) is 72.6 Å². The second-order valence-corrected chi connectivity index (χ2v) is 7.39. The first kappa shape index (κ1) is 19.0. The minimum atomic E-state index is -0.422. The van der Waals surface area contributed by atoms with E-state index in [-0.39, 0.29) is 0 Å². The van der Waals surface area contributed by atoms with E-state index in [9.17, 15) is 4.79 Å². The van der Waals surface area contributed by atoms with Crippen molar-refractivity contribution < 1.29 is 9.53 Å². The van der Waals surface area contributed by atoms with E-state index in [0.717, 1.165) is 35.4 Å². The molecule has 1 amide bonds. The first-order valence-corrected chi connectivity index (χ1v) is 10.1. The number of anilines is 1. The van der Waals surface area contributed by atoms with E-state index in [1.165, 1.54) is 19.3 Å². The number of nitrogens with zero attached hydrogens (tertiary/aromatic N) is 1. The van der Waals surface area contributed by atoms with Gasteiger partial charge in [0.25, 0.3) is 5.91 Å². The topological polar surface area (TPSA) is 77.2 Å². The highest BCUT2D eigenvalue weighted by Gasteiger charge is 2.18. The molecule has 0 aliphatic heterocycles. The van der Waals surface area contributed by atoms with Gasteiger partial charge in [0, 0.05) is 23.5 Å². The number of amides is 1. The molecule has 0 bridgehead atoms. The van der Waals surface area contributed by atoms with Gasteiger partial charge in [0.05, 0.1) is 11.8 Å². The zero-order chi connectivity index (χ0) is 20.1. The molecule has 5 heteroatoms. The van der Waals surface area contributed by atoms with E-state index in [2.05, 4.69) is 10.3 Å². The van der Waals surface area contributed by atoms with Crippen LogP contribution in [0.3, 0.4) is 0 Å². The molecular weight excluding hydrogens is 362 g/mol.